The van der Waals surface area contributed by atoms with Gasteiger partial charge in [-0.15, -0.1) is 0 Å². The molecule has 1 heterocycles. The maximum absolute atomic E-state index is 5.69. The summed E-state index contributed by atoms with van der Waals surface area (Å²) in [6, 6.07) is 4.67. The van der Waals surface area contributed by atoms with Gasteiger partial charge in [0.05, 0.1) is 0 Å². The molecule has 1 fully saturated rings. The summed E-state index contributed by atoms with van der Waals surface area (Å²) < 4.78 is 0. The first-order valence-electron chi connectivity index (χ1n) is 5.72. The molecule has 82 valence electrons. The second kappa shape index (κ2) is 4.51. The molecular weight excluding hydrogens is 186 g/mol. The van der Waals surface area contributed by atoms with Gasteiger partial charge in [0, 0.05) is 31.0 Å². The van der Waals surface area contributed by atoms with Crippen molar-refractivity contribution in [3.8, 4) is 0 Å². The largest absolute Gasteiger partial charge is 0.384 e. The summed E-state index contributed by atoms with van der Waals surface area (Å²) >= 11 is 0. The van der Waals surface area contributed by atoms with Gasteiger partial charge in [-0.2, -0.15) is 0 Å². The van der Waals surface area contributed by atoms with Crippen LogP contribution in [0.15, 0.2) is 18.3 Å². The van der Waals surface area contributed by atoms with Crippen molar-refractivity contribution in [2.75, 3.05) is 17.7 Å². The summed E-state index contributed by atoms with van der Waals surface area (Å²) in [4.78, 5) is 6.36. The van der Waals surface area contributed by atoms with Crippen molar-refractivity contribution in [2.24, 2.45) is 0 Å². The van der Waals surface area contributed by atoms with E-state index < -0.39 is 0 Å². The number of nitrogens with two attached hydrogens (primary N) is 1. The molecule has 15 heavy (non-hydrogen) atoms. The van der Waals surface area contributed by atoms with E-state index >= 15 is 0 Å². The summed E-state index contributed by atoms with van der Waals surface area (Å²) in [5.74, 6) is 0.607. The van der Waals surface area contributed by atoms with Crippen molar-refractivity contribution >= 4 is 11.5 Å². The van der Waals surface area contributed by atoms with Crippen LogP contribution in [0.2, 0.25) is 0 Å². The van der Waals surface area contributed by atoms with Crippen molar-refractivity contribution in [2.45, 2.75) is 38.1 Å². The highest BCUT2D eigenvalue weighted by Gasteiger charge is 2.18. The number of rotatable bonds is 2. The minimum atomic E-state index is 0.607. The fourth-order valence-electron chi connectivity index (χ4n) is 2.34. The third kappa shape index (κ3) is 2.41. The van der Waals surface area contributed by atoms with Crippen LogP contribution in [0.4, 0.5) is 11.5 Å². The van der Waals surface area contributed by atoms with E-state index in [9.17, 15) is 0 Å². The molecule has 0 spiro atoms. The Kier molecular flexibility index (Phi) is 3.09. The van der Waals surface area contributed by atoms with Gasteiger partial charge in [0.25, 0.3) is 0 Å². The van der Waals surface area contributed by atoms with E-state index in [4.69, 9.17) is 5.73 Å². The first-order valence-corrected chi connectivity index (χ1v) is 5.72. The first kappa shape index (κ1) is 10.3. The molecule has 0 aliphatic heterocycles. The molecule has 1 saturated carbocycles. The highest BCUT2D eigenvalue weighted by atomic mass is 15.1. The second-order valence-electron chi connectivity index (χ2n) is 4.34. The zero-order valence-corrected chi connectivity index (χ0v) is 9.32. The molecule has 1 aliphatic carbocycles. The molecule has 0 atom stereocenters. The molecule has 0 saturated heterocycles. The van der Waals surface area contributed by atoms with E-state index in [2.05, 4.69) is 16.9 Å². The minimum Gasteiger partial charge on any atom is -0.384 e. The number of pyridine rings is 1. The Morgan fingerprint density at radius 2 is 2.07 bits per heavy atom. The van der Waals surface area contributed by atoms with Crippen LogP contribution in [-0.4, -0.2) is 18.1 Å². The summed E-state index contributed by atoms with van der Waals surface area (Å²) in [6.07, 6.45) is 8.50. The van der Waals surface area contributed by atoms with Gasteiger partial charge in [-0.05, 0) is 18.9 Å². The summed E-state index contributed by atoms with van der Waals surface area (Å²) in [5, 5.41) is 0. The van der Waals surface area contributed by atoms with E-state index in [1.807, 2.05) is 12.1 Å². The topological polar surface area (TPSA) is 42.2 Å². The zero-order chi connectivity index (χ0) is 10.7. The number of hydrogen-bond donors (Lipinski definition) is 1. The fourth-order valence-corrected chi connectivity index (χ4v) is 2.34. The van der Waals surface area contributed by atoms with Gasteiger partial charge in [0.2, 0.25) is 0 Å². The van der Waals surface area contributed by atoms with Crippen molar-refractivity contribution in [3.05, 3.63) is 18.3 Å². The number of aromatic nitrogens is 1. The Morgan fingerprint density at radius 1 is 1.33 bits per heavy atom. The monoisotopic (exact) mass is 205 g/mol. The Bertz CT molecular complexity index is 318. The predicted molar refractivity (Wildman–Crippen MR) is 63.9 cm³/mol. The van der Waals surface area contributed by atoms with Crippen molar-refractivity contribution in [3.63, 3.8) is 0 Å². The lowest BCUT2D eigenvalue weighted by Gasteiger charge is -2.32. The van der Waals surface area contributed by atoms with Gasteiger partial charge >= 0.3 is 0 Å². The van der Waals surface area contributed by atoms with Gasteiger partial charge in [-0.1, -0.05) is 19.3 Å². The van der Waals surface area contributed by atoms with Gasteiger partial charge in [-0.3, -0.25) is 0 Å². The summed E-state index contributed by atoms with van der Waals surface area (Å²) in [6.45, 7) is 0. The Hall–Kier alpha value is -1.25. The van der Waals surface area contributed by atoms with Gasteiger partial charge in [-0.25, -0.2) is 4.98 Å². The third-order valence-corrected chi connectivity index (χ3v) is 3.29. The Morgan fingerprint density at radius 3 is 2.73 bits per heavy atom. The minimum absolute atomic E-state index is 0.607. The zero-order valence-electron chi connectivity index (χ0n) is 9.32. The third-order valence-electron chi connectivity index (χ3n) is 3.29. The van der Waals surface area contributed by atoms with Crippen molar-refractivity contribution in [1.82, 2.24) is 4.98 Å². The summed E-state index contributed by atoms with van der Waals surface area (Å²) in [5.41, 5.74) is 6.88. The van der Waals surface area contributed by atoms with E-state index in [-0.39, 0.29) is 0 Å². The van der Waals surface area contributed by atoms with Crippen LogP contribution in [0.3, 0.4) is 0 Å². The molecule has 0 bridgehead atoms. The number of nitrogen functional groups attached to an aromatic ring is 1. The average Bonchev–Trinajstić information content (AvgIpc) is 2.29. The molecule has 2 rings (SSSR count). The van der Waals surface area contributed by atoms with E-state index in [0.717, 1.165) is 0 Å². The quantitative estimate of drug-likeness (QED) is 0.806. The lowest BCUT2D eigenvalue weighted by Crippen LogP contribution is -2.33. The molecule has 3 nitrogen and oxygen atoms in total. The maximum Gasteiger partial charge on any atom is 0.125 e. The maximum atomic E-state index is 5.69. The van der Waals surface area contributed by atoms with Crippen LogP contribution in [0.25, 0.3) is 0 Å². The van der Waals surface area contributed by atoms with Gasteiger partial charge < -0.3 is 10.6 Å². The van der Waals surface area contributed by atoms with Crippen LogP contribution in [0.1, 0.15) is 32.1 Å². The van der Waals surface area contributed by atoms with E-state index in [0.29, 0.717) is 11.9 Å². The van der Waals surface area contributed by atoms with Crippen LogP contribution >= 0.6 is 0 Å². The SMILES string of the molecule is CN(c1ccnc(N)c1)C1CCCCC1. The molecule has 0 unspecified atom stereocenters. The van der Waals surface area contributed by atoms with Crippen LogP contribution in [0.5, 0.6) is 0 Å². The molecule has 1 aliphatic rings. The Labute approximate surface area is 91.3 Å². The molecule has 0 aromatic carbocycles. The molecular formula is C12H19N3. The molecule has 1 aromatic rings. The van der Waals surface area contributed by atoms with E-state index in [1.54, 1.807) is 6.20 Å². The highest BCUT2D eigenvalue weighted by Crippen LogP contribution is 2.26. The lowest BCUT2D eigenvalue weighted by molar-refractivity contribution is 0.427. The number of hydrogen-bond acceptors (Lipinski definition) is 3. The average molecular weight is 205 g/mol. The fraction of sp³-hybridized carbons (Fsp3) is 0.583. The predicted octanol–water partition coefficient (Wildman–Crippen LogP) is 2.43. The lowest BCUT2D eigenvalue weighted by atomic mass is 9.94. The standard InChI is InChI=1S/C12H19N3/c1-15(10-5-3-2-4-6-10)11-7-8-14-12(13)9-11/h7-10H,2-6H2,1H3,(H2,13,14). The van der Waals surface area contributed by atoms with Crippen molar-refractivity contribution in [1.29, 1.82) is 0 Å². The smallest absolute Gasteiger partial charge is 0.125 e. The summed E-state index contributed by atoms with van der Waals surface area (Å²) in [7, 11) is 2.16. The second-order valence-corrected chi connectivity index (χ2v) is 4.34. The molecule has 0 radical (unpaired) electrons. The molecule has 2 N–H and O–H groups in total. The number of nitrogens with zero attached hydrogens (tertiary/aromatic N) is 2. The molecule has 3 heteroatoms. The first-order chi connectivity index (χ1) is 7.27. The van der Waals surface area contributed by atoms with Crippen LogP contribution in [-0.2, 0) is 0 Å². The van der Waals surface area contributed by atoms with Crippen LogP contribution in [0, 0.1) is 0 Å². The van der Waals surface area contributed by atoms with Gasteiger partial charge in [0.1, 0.15) is 5.82 Å². The van der Waals surface area contributed by atoms with Crippen LogP contribution < -0.4 is 10.6 Å². The van der Waals surface area contributed by atoms with E-state index in [1.165, 1.54) is 37.8 Å². The normalized spacial score (nSPS) is 17.7. The number of anilines is 2. The highest BCUT2D eigenvalue weighted by molar-refractivity contribution is 5.52. The van der Waals surface area contributed by atoms with Crippen molar-refractivity contribution < 1.29 is 0 Å². The molecule has 0 amide bonds. The van der Waals surface area contributed by atoms with Gasteiger partial charge in [0.15, 0.2) is 0 Å². The molecule has 1 aromatic heterocycles. The Balaban J connectivity index is 2.08.